The second-order valence-electron chi connectivity index (χ2n) is 6.55. The Bertz CT molecular complexity index is 712. The molecule has 1 heterocycles. The van der Waals surface area contributed by atoms with Gasteiger partial charge in [0.15, 0.2) is 11.5 Å². The number of nitrogens with zero attached hydrogens (tertiary/aromatic N) is 2. The lowest BCUT2D eigenvalue weighted by Gasteiger charge is -2.35. The van der Waals surface area contributed by atoms with Crippen molar-refractivity contribution in [3.8, 4) is 17.2 Å². The van der Waals surface area contributed by atoms with Crippen molar-refractivity contribution in [2.24, 2.45) is 0 Å². The summed E-state index contributed by atoms with van der Waals surface area (Å²) in [7, 11) is 5.08. The summed E-state index contributed by atoms with van der Waals surface area (Å²) in [6.45, 7) is 6.11. The number of piperazine rings is 1. The van der Waals surface area contributed by atoms with Crippen LogP contribution in [0.4, 0.5) is 0 Å². The monoisotopic (exact) mass is 356 g/mol. The quantitative estimate of drug-likeness (QED) is 0.762. The van der Waals surface area contributed by atoms with Crippen LogP contribution in [0.25, 0.3) is 0 Å². The van der Waals surface area contributed by atoms with Crippen molar-refractivity contribution in [3.05, 3.63) is 53.6 Å². The van der Waals surface area contributed by atoms with E-state index in [9.17, 15) is 0 Å². The van der Waals surface area contributed by atoms with Gasteiger partial charge in [0.25, 0.3) is 0 Å². The SMILES string of the molecule is COc1ccccc1CN1CCN(Cc2ccc(OC)c(OC)c2)CC1. The van der Waals surface area contributed by atoms with Crippen LogP contribution in [0.3, 0.4) is 0 Å². The zero-order valence-electron chi connectivity index (χ0n) is 15.9. The van der Waals surface area contributed by atoms with Gasteiger partial charge in [-0.1, -0.05) is 24.3 Å². The van der Waals surface area contributed by atoms with Gasteiger partial charge in [-0.25, -0.2) is 0 Å². The standard InChI is InChI=1S/C21H28N2O3/c1-24-19-7-5-4-6-18(19)16-23-12-10-22(11-13-23)15-17-8-9-20(25-2)21(14-17)26-3/h4-9,14H,10-13,15-16H2,1-3H3. The van der Waals surface area contributed by atoms with Gasteiger partial charge in [0.05, 0.1) is 21.3 Å². The van der Waals surface area contributed by atoms with Crippen LogP contribution in [-0.4, -0.2) is 57.3 Å². The Labute approximate surface area is 156 Å². The van der Waals surface area contributed by atoms with E-state index < -0.39 is 0 Å². The molecule has 0 aromatic heterocycles. The predicted molar refractivity (Wildman–Crippen MR) is 103 cm³/mol. The molecule has 1 fully saturated rings. The van der Waals surface area contributed by atoms with E-state index in [0.29, 0.717) is 0 Å². The molecule has 0 bridgehead atoms. The zero-order valence-corrected chi connectivity index (χ0v) is 15.9. The van der Waals surface area contributed by atoms with E-state index in [-0.39, 0.29) is 0 Å². The molecular formula is C21H28N2O3. The first-order valence-electron chi connectivity index (χ1n) is 9.01. The van der Waals surface area contributed by atoms with Crippen molar-refractivity contribution in [1.82, 2.24) is 9.80 Å². The predicted octanol–water partition coefficient (Wildman–Crippen LogP) is 3.03. The number of para-hydroxylation sites is 1. The van der Waals surface area contributed by atoms with E-state index in [2.05, 4.69) is 34.1 Å². The number of methoxy groups -OCH3 is 3. The molecule has 1 aliphatic heterocycles. The Hall–Kier alpha value is -2.24. The van der Waals surface area contributed by atoms with Crippen molar-refractivity contribution >= 4 is 0 Å². The minimum Gasteiger partial charge on any atom is -0.496 e. The van der Waals surface area contributed by atoms with E-state index in [1.807, 2.05) is 18.2 Å². The molecule has 0 spiro atoms. The topological polar surface area (TPSA) is 34.2 Å². The van der Waals surface area contributed by atoms with Crippen LogP contribution in [0.15, 0.2) is 42.5 Å². The van der Waals surface area contributed by atoms with Gasteiger partial charge in [-0.2, -0.15) is 0 Å². The summed E-state index contributed by atoms with van der Waals surface area (Å²) in [6.07, 6.45) is 0. The zero-order chi connectivity index (χ0) is 18.4. The molecule has 1 aliphatic rings. The first-order chi connectivity index (χ1) is 12.7. The second kappa shape index (κ2) is 8.92. The van der Waals surface area contributed by atoms with Gasteiger partial charge in [0.1, 0.15) is 5.75 Å². The average Bonchev–Trinajstić information content (AvgIpc) is 2.69. The van der Waals surface area contributed by atoms with Crippen LogP contribution in [0.5, 0.6) is 17.2 Å². The minimum absolute atomic E-state index is 0.776. The van der Waals surface area contributed by atoms with E-state index in [4.69, 9.17) is 14.2 Å². The number of rotatable bonds is 7. The molecule has 140 valence electrons. The fourth-order valence-electron chi connectivity index (χ4n) is 3.42. The highest BCUT2D eigenvalue weighted by atomic mass is 16.5. The summed E-state index contributed by atoms with van der Waals surface area (Å²) in [4.78, 5) is 4.98. The number of benzene rings is 2. The minimum atomic E-state index is 0.776. The van der Waals surface area contributed by atoms with Crippen molar-refractivity contribution in [2.45, 2.75) is 13.1 Å². The second-order valence-corrected chi connectivity index (χ2v) is 6.55. The van der Waals surface area contributed by atoms with Crippen molar-refractivity contribution < 1.29 is 14.2 Å². The van der Waals surface area contributed by atoms with Crippen LogP contribution >= 0.6 is 0 Å². The molecule has 0 N–H and O–H groups in total. The summed E-state index contributed by atoms with van der Waals surface area (Å²) >= 11 is 0. The summed E-state index contributed by atoms with van der Waals surface area (Å²) in [5.41, 5.74) is 2.50. The normalized spacial score (nSPS) is 15.7. The van der Waals surface area contributed by atoms with Crippen LogP contribution in [-0.2, 0) is 13.1 Å². The molecule has 5 nitrogen and oxygen atoms in total. The van der Waals surface area contributed by atoms with Gasteiger partial charge in [-0.15, -0.1) is 0 Å². The van der Waals surface area contributed by atoms with Crippen molar-refractivity contribution in [2.75, 3.05) is 47.5 Å². The lowest BCUT2D eigenvalue weighted by molar-refractivity contribution is 0.121. The molecule has 5 heteroatoms. The van der Waals surface area contributed by atoms with Crippen molar-refractivity contribution in [1.29, 1.82) is 0 Å². The third-order valence-electron chi connectivity index (χ3n) is 4.91. The summed E-state index contributed by atoms with van der Waals surface area (Å²) in [5.74, 6) is 2.54. The summed E-state index contributed by atoms with van der Waals surface area (Å²) in [6, 6.07) is 14.4. The van der Waals surface area contributed by atoms with E-state index in [1.54, 1.807) is 21.3 Å². The molecule has 1 saturated heterocycles. The molecule has 2 aromatic carbocycles. The molecule has 3 rings (SSSR count). The molecule has 0 radical (unpaired) electrons. The Balaban J connectivity index is 1.54. The fourth-order valence-corrected chi connectivity index (χ4v) is 3.42. The third kappa shape index (κ3) is 4.48. The Morgan fingerprint density at radius 2 is 1.31 bits per heavy atom. The maximum Gasteiger partial charge on any atom is 0.161 e. The first-order valence-corrected chi connectivity index (χ1v) is 9.01. The smallest absolute Gasteiger partial charge is 0.161 e. The number of hydrogen-bond acceptors (Lipinski definition) is 5. The number of hydrogen-bond donors (Lipinski definition) is 0. The Morgan fingerprint density at radius 3 is 1.96 bits per heavy atom. The highest BCUT2D eigenvalue weighted by molar-refractivity contribution is 5.42. The Kier molecular flexibility index (Phi) is 6.36. The van der Waals surface area contributed by atoms with Crippen molar-refractivity contribution in [3.63, 3.8) is 0 Å². The molecule has 26 heavy (non-hydrogen) atoms. The molecule has 0 amide bonds. The molecule has 0 unspecified atom stereocenters. The highest BCUT2D eigenvalue weighted by Crippen LogP contribution is 2.28. The van der Waals surface area contributed by atoms with Crippen LogP contribution in [0.2, 0.25) is 0 Å². The van der Waals surface area contributed by atoms with Gasteiger partial charge in [0.2, 0.25) is 0 Å². The fraction of sp³-hybridized carbons (Fsp3) is 0.429. The maximum atomic E-state index is 5.47. The van der Waals surface area contributed by atoms with Crippen LogP contribution in [0, 0.1) is 0 Å². The number of ether oxygens (including phenoxy) is 3. The third-order valence-corrected chi connectivity index (χ3v) is 4.91. The molecule has 0 aliphatic carbocycles. The lowest BCUT2D eigenvalue weighted by Crippen LogP contribution is -2.45. The van der Waals surface area contributed by atoms with Crippen LogP contribution < -0.4 is 14.2 Å². The molecular weight excluding hydrogens is 328 g/mol. The van der Waals surface area contributed by atoms with Gasteiger partial charge < -0.3 is 14.2 Å². The van der Waals surface area contributed by atoms with E-state index in [1.165, 1.54) is 11.1 Å². The summed E-state index contributed by atoms with van der Waals surface area (Å²) in [5, 5.41) is 0. The van der Waals surface area contributed by atoms with E-state index >= 15 is 0 Å². The lowest BCUT2D eigenvalue weighted by atomic mass is 10.1. The van der Waals surface area contributed by atoms with Crippen LogP contribution in [0.1, 0.15) is 11.1 Å². The van der Waals surface area contributed by atoms with Gasteiger partial charge in [-0.3, -0.25) is 9.80 Å². The van der Waals surface area contributed by atoms with Gasteiger partial charge in [-0.05, 0) is 23.8 Å². The summed E-state index contributed by atoms with van der Waals surface area (Å²) < 4.78 is 16.2. The largest absolute Gasteiger partial charge is 0.496 e. The average molecular weight is 356 g/mol. The van der Waals surface area contributed by atoms with E-state index in [0.717, 1.165) is 56.5 Å². The first kappa shape index (κ1) is 18.5. The Morgan fingerprint density at radius 1 is 0.692 bits per heavy atom. The molecule has 0 atom stereocenters. The molecule has 0 saturated carbocycles. The van der Waals surface area contributed by atoms with Gasteiger partial charge in [0, 0.05) is 44.8 Å². The highest BCUT2D eigenvalue weighted by Gasteiger charge is 2.18. The van der Waals surface area contributed by atoms with Gasteiger partial charge >= 0.3 is 0 Å². The molecule has 2 aromatic rings. The maximum absolute atomic E-state index is 5.47.